The van der Waals surface area contributed by atoms with Crippen LogP contribution in [0.15, 0.2) is 24.3 Å². The minimum Gasteiger partial charge on any atom is -0.406 e. The first-order valence-corrected chi connectivity index (χ1v) is 7.03. The minimum absolute atomic E-state index is 0.186. The number of hydrogen-bond donors (Lipinski definition) is 1. The molecule has 1 aromatic carbocycles. The van der Waals surface area contributed by atoms with Gasteiger partial charge < -0.3 is 10.5 Å². The van der Waals surface area contributed by atoms with Gasteiger partial charge in [-0.05, 0) is 54.7 Å². The van der Waals surface area contributed by atoms with Crippen LogP contribution in [0.2, 0.25) is 0 Å². The zero-order valence-electron chi connectivity index (χ0n) is 11.1. The number of ether oxygens (including phenoxy) is 1. The second kappa shape index (κ2) is 4.95. The van der Waals surface area contributed by atoms with E-state index in [1.165, 1.54) is 31.4 Å². The van der Waals surface area contributed by atoms with Gasteiger partial charge in [-0.25, -0.2) is 0 Å². The molecule has 2 bridgehead atoms. The first-order chi connectivity index (χ1) is 9.42. The Bertz CT molecular complexity index is 488. The molecule has 2 saturated carbocycles. The summed E-state index contributed by atoms with van der Waals surface area (Å²) in [4.78, 5) is 0. The second-order valence-corrected chi connectivity index (χ2v) is 5.98. The Balaban J connectivity index is 1.75. The molecule has 5 heteroatoms. The van der Waals surface area contributed by atoms with Crippen LogP contribution in [-0.2, 0) is 0 Å². The van der Waals surface area contributed by atoms with Crippen LogP contribution in [0.4, 0.5) is 13.2 Å². The molecule has 2 nitrogen and oxygen atoms in total. The Hall–Kier alpha value is -1.23. The minimum atomic E-state index is -4.66. The summed E-state index contributed by atoms with van der Waals surface area (Å²) < 4.78 is 40.7. The molecule has 0 radical (unpaired) electrons. The lowest BCUT2D eigenvalue weighted by molar-refractivity contribution is -0.274. The Morgan fingerprint density at radius 2 is 2.00 bits per heavy atom. The lowest BCUT2D eigenvalue weighted by atomic mass is 9.81. The summed E-state index contributed by atoms with van der Waals surface area (Å²) in [7, 11) is 0. The SMILES string of the molecule is NC(c1cccc(OC(F)(F)F)c1)C1CC2CCC1C2. The predicted octanol–water partition coefficient (Wildman–Crippen LogP) is 4.02. The molecule has 0 spiro atoms. The molecule has 4 atom stereocenters. The molecule has 2 aliphatic rings. The molecule has 3 rings (SSSR count). The van der Waals surface area contributed by atoms with E-state index in [1.807, 2.05) is 0 Å². The topological polar surface area (TPSA) is 35.2 Å². The number of hydrogen-bond acceptors (Lipinski definition) is 2. The molecule has 2 N–H and O–H groups in total. The van der Waals surface area contributed by atoms with E-state index in [0.29, 0.717) is 11.8 Å². The predicted molar refractivity (Wildman–Crippen MR) is 69.0 cm³/mol. The second-order valence-electron chi connectivity index (χ2n) is 5.98. The average molecular weight is 285 g/mol. The molecular formula is C15H18F3NO. The standard InChI is InChI=1S/C15H18F3NO/c16-15(17,18)20-12-3-1-2-11(8-12)14(19)13-7-9-4-5-10(13)6-9/h1-3,8-10,13-14H,4-7,19H2. The molecule has 4 unspecified atom stereocenters. The van der Waals surface area contributed by atoms with Gasteiger partial charge in [-0.3, -0.25) is 0 Å². The number of alkyl halides is 3. The van der Waals surface area contributed by atoms with Crippen LogP contribution >= 0.6 is 0 Å². The monoisotopic (exact) mass is 285 g/mol. The van der Waals surface area contributed by atoms with Gasteiger partial charge in [0.2, 0.25) is 0 Å². The highest BCUT2D eigenvalue weighted by Gasteiger charge is 2.42. The number of rotatable bonds is 3. The molecule has 20 heavy (non-hydrogen) atoms. The van der Waals surface area contributed by atoms with Crippen LogP contribution < -0.4 is 10.5 Å². The van der Waals surface area contributed by atoms with E-state index in [4.69, 9.17) is 5.73 Å². The van der Waals surface area contributed by atoms with E-state index < -0.39 is 6.36 Å². The van der Waals surface area contributed by atoms with E-state index in [1.54, 1.807) is 12.1 Å². The van der Waals surface area contributed by atoms with Crippen LogP contribution in [0.3, 0.4) is 0 Å². The summed E-state index contributed by atoms with van der Waals surface area (Å²) >= 11 is 0. The molecule has 2 aliphatic carbocycles. The Kier molecular flexibility index (Phi) is 3.40. The highest BCUT2D eigenvalue weighted by atomic mass is 19.4. The lowest BCUT2D eigenvalue weighted by Crippen LogP contribution is -2.26. The third-order valence-corrected chi connectivity index (χ3v) is 4.73. The molecule has 2 fully saturated rings. The fraction of sp³-hybridized carbons (Fsp3) is 0.600. The molecule has 110 valence electrons. The third kappa shape index (κ3) is 2.77. The third-order valence-electron chi connectivity index (χ3n) is 4.73. The van der Waals surface area contributed by atoms with Gasteiger partial charge in [0.1, 0.15) is 5.75 Å². The maximum Gasteiger partial charge on any atom is 0.573 e. The van der Waals surface area contributed by atoms with Crippen molar-refractivity contribution >= 4 is 0 Å². The van der Waals surface area contributed by atoms with Crippen molar-refractivity contribution in [2.24, 2.45) is 23.5 Å². The highest BCUT2D eigenvalue weighted by molar-refractivity contribution is 5.31. The lowest BCUT2D eigenvalue weighted by Gasteiger charge is -2.28. The molecule has 0 aromatic heterocycles. The molecule has 0 heterocycles. The van der Waals surface area contributed by atoms with Gasteiger partial charge in [0.25, 0.3) is 0 Å². The van der Waals surface area contributed by atoms with Gasteiger partial charge in [-0.2, -0.15) is 0 Å². The van der Waals surface area contributed by atoms with Crippen molar-refractivity contribution in [1.29, 1.82) is 0 Å². The van der Waals surface area contributed by atoms with Crippen LogP contribution in [0.25, 0.3) is 0 Å². The Morgan fingerprint density at radius 3 is 2.60 bits per heavy atom. The van der Waals surface area contributed by atoms with E-state index in [9.17, 15) is 13.2 Å². The van der Waals surface area contributed by atoms with Crippen molar-refractivity contribution in [3.8, 4) is 5.75 Å². The largest absolute Gasteiger partial charge is 0.573 e. The van der Waals surface area contributed by atoms with Crippen molar-refractivity contribution in [3.63, 3.8) is 0 Å². The molecule has 0 aliphatic heterocycles. The van der Waals surface area contributed by atoms with Gasteiger partial charge in [0.05, 0.1) is 0 Å². The fourth-order valence-corrected chi connectivity index (χ4v) is 3.90. The van der Waals surface area contributed by atoms with Crippen molar-refractivity contribution in [2.75, 3.05) is 0 Å². The first-order valence-electron chi connectivity index (χ1n) is 7.03. The van der Waals surface area contributed by atoms with Crippen LogP contribution in [0, 0.1) is 17.8 Å². The summed E-state index contributed by atoms with van der Waals surface area (Å²) in [5.74, 6) is 1.62. The van der Waals surface area contributed by atoms with Gasteiger partial charge in [0, 0.05) is 6.04 Å². The van der Waals surface area contributed by atoms with Gasteiger partial charge in [-0.1, -0.05) is 18.6 Å². The van der Waals surface area contributed by atoms with Crippen LogP contribution in [-0.4, -0.2) is 6.36 Å². The van der Waals surface area contributed by atoms with Crippen LogP contribution in [0.1, 0.15) is 37.3 Å². The van der Waals surface area contributed by atoms with E-state index in [2.05, 4.69) is 4.74 Å². The highest BCUT2D eigenvalue weighted by Crippen LogP contribution is 2.52. The van der Waals surface area contributed by atoms with E-state index in [-0.39, 0.29) is 11.8 Å². The van der Waals surface area contributed by atoms with Crippen molar-refractivity contribution < 1.29 is 17.9 Å². The molecular weight excluding hydrogens is 267 g/mol. The van der Waals surface area contributed by atoms with Crippen molar-refractivity contribution in [1.82, 2.24) is 0 Å². The van der Waals surface area contributed by atoms with Crippen molar-refractivity contribution in [2.45, 2.75) is 38.1 Å². The zero-order chi connectivity index (χ0) is 14.3. The van der Waals surface area contributed by atoms with Gasteiger partial charge >= 0.3 is 6.36 Å². The van der Waals surface area contributed by atoms with Gasteiger partial charge in [0.15, 0.2) is 0 Å². The smallest absolute Gasteiger partial charge is 0.406 e. The van der Waals surface area contributed by atoms with Gasteiger partial charge in [-0.15, -0.1) is 13.2 Å². The summed E-state index contributed by atoms with van der Waals surface area (Å²) in [6.07, 6.45) is 0.176. The fourth-order valence-electron chi connectivity index (χ4n) is 3.90. The maximum absolute atomic E-state index is 12.2. The summed E-state index contributed by atoms with van der Waals surface area (Å²) in [5, 5.41) is 0. The first kappa shape index (κ1) is 13.7. The Labute approximate surface area is 116 Å². The number of nitrogens with two attached hydrogens (primary N) is 1. The normalized spacial score (nSPS) is 30.5. The average Bonchev–Trinajstić information content (AvgIpc) is 2.98. The van der Waals surface area contributed by atoms with E-state index >= 15 is 0 Å². The zero-order valence-corrected chi connectivity index (χ0v) is 11.1. The maximum atomic E-state index is 12.2. The van der Waals surface area contributed by atoms with E-state index in [0.717, 1.165) is 17.9 Å². The number of benzene rings is 1. The summed E-state index contributed by atoms with van der Waals surface area (Å²) in [6.45, 7) is 0. The number of halogens is 3. The quantitative estimate of drug-likeness (QED) is 0.910. The Morgan fingerprint density at radius 1 is 1.20 bits per heavy atom. The summed E-state index contributed by atoms with van der Waals surface area (Å²) in [5.41, 5.74) is 7.02. The van der Waals surface area contributed by atoms with Crippen molar-refractivity contribution in [3.05, 3.63) is 29.8 Å². The molecule has 0 amide bonds. The summed E-state index contributed by atoms with van der Waals surface area (Å²) in [6, 6.07) is 5.90. The molecule has 0 saturated heterocycles. The van der Waals surface area contributed by atoms with Crippen LogP contribution in [0.5, 0.6) is 5.75 Å². The number of fused-ring (bicyclic) bond motifs is 2. The molecule has 1 aromatic rings.